The average molecular weight is 230 g/mol. The van der Waals surface area contributed by atoms with Gasteiger partial charge in [-0.25, -0.2) is 0 Å². The smallest absolute Gasteiger partial charge is 0.306 e. The number of carbonyl (C=O) groups excluding carboxylic acids is 2. The van der Waals surface area contributed by atoms with E-state index in [1.807, 2.05) is 0 Å². The van der Waals surface area contributed by atoms with Gasteiger partial charge in [0.25, 0.3) is 0 Å². The number of carbonyl (C=O) groups is 3. The lowest BCUT2D eigenvalue weighted by Crippen LogP contribution is -2.41. The molecule has 0 aromatic heterocycles. The second kappa shape index (κ2) is 5.04. The Labute approximate surface area is 92.0 Å². The highest BCUT2D eigenvalue weighted by molar-refractivity contribution is 6.05. The molecule has 3 N–H and O–H groups in total. The summed E-state index contributed by atoms with van der Waals surface area (Å²) in [5.41, 5.74) is 0. The van der Waals surface area contributed by atoms with Crippen LogP contribution in [0.2, 0.25) is 0 Å². The number of rotatable bonds is 5. The van der Waals surface area contributed by atoms with Gasteiger partial charge < -0.3 is 15.5 Å². The van der Waals surface area contributed by atoms with E-state index in [1.165, 1.54) is 7.05 Å². The third kappa shape index (κ3) is 3.01. The first-order valence-corrected chi connectivity index (χ1v) is 4.85. The minimum Gasteiger partial charge on any atom is -0.481 e. The number of aliphatic hydroxyl groups is 1. The number of nitrogens with zero attached hydrogens (tertiary/aromatic N) is 1. The summed E-state index contributed by atoms with van der Waals surface area (Å²) in [4.78, 5) is 33.8. The van der Waals surface area contributed by atoms with Crippen molar-refractivity contribution in [1.29, 1.82) is 0 Å². The maximum atomic E-state index is 11.4. The monoisotopic (exact) mass is 230 g/mol. The van der Waals surface area contributed by atoms with Gasteiger partial charge in [-0.2, -0.15) is 0 Å². The normalized spacial score (nSPS) is 22.6. The van der Waals surface area contributed by atoms with E-state index >= 15 is 0 Å². The lowest BCUT2D eigenvalue weighted by Gasteiger charge is -2.13. The molecule has 1 aliphatic rings. The lowest BCUT2D eigenvalue weighted by atomic mass is 10.2. The highest BCUT2D eigenvalue weighted by Crippen LogP contribution is 2.10. The summed E-state index contributed by atoms with van der Waals surface area (Å²) in [6.07, 6.45) is -1.40. The van der Waals surface area contributed by atoms with Gasteiger partial charge in [-0.05, 0) is 0 Å². The van der Waals surface area contributed by atoms with Crippen LogP contribution < -0.4 is 5.32 Å². The first-order chi connectivity index (χ1) is 7.41. The number of hydrogen-bond acceptors (Lipinski definition) is 5. The zero-order valence-corrected chi connectivity index (χ0v) is 8.84. The molecule has 2 unspecified atom stereocenters. The van der Waals surface area contributed by atoms with Crippen LogP contribution in [0, 0.1) is 0 Å². The van der Waals surface area contributed by atoms with Crippen molar-refractivity contribution in [2.75, 3.05) is 13.6 Å². The summed E-state index contributed by atoms with van der Waals surface area (Å²) in [6.45, 7) is -0.0240. The number of likely N-dealkylation sites (tertiary alicyclic amines) is 1. The SMILES string of the molecule is CN1C(=O)CC(NCC(O)CC(=O)O)C1=O. The fourth-order valence-corrected chi connectivity index (χ4v) is 1.47. The molecule has 7 nitrogen and oxygen atoms in total. The number of aliphatic hydroxyl groups excluding tert-OH is 1. The summed E-state index contributed by atoms with van der Waals surface area (Å²) >= 11 is 0. The number of carboxylic acid groups (broad SMARTS) is 1. The maximum Gasteiger partial charge on any atom is 0.306 e. The van der Waals surface area contributed by atoms with Crippen molar-refractivity contribution in [3.8, 4) is 0 Å². The largest absolute Gasteiger partial charge is 0.481 e. The van der Waals surface area contributed by atoms with E-state index in [4.69, 9.17) is 5.11 Å². The fourth-order valence-electron chi connectivity index (χ4n) is 1.47. The van der Waals surface area contributed by atoms with Crippen molar-refractivity contribution in [2.24, 2.45) is 0 Å². The van der Waals surface area contributed by atoms with Crippen molar-refractivity contribution in [2.45, 2.75) is 25.0 Å². The summed E-state index contributed by atoms with van der Waals surface area (Å²) in [7, 11) is 1.39. The van der Waals surface area contributed by atoms with Gasteiger partial charge in [0.15, 0.2) is 0 Å². The number of aliphatic carboxylic acids is 1. The van der Waals surface area contributed by atoms with Crippen molar-refractivity contribution in [1.82, 2.24) is 10.2 Å². The van der Waals surface area contributed by atoms with E-state index in [9.17, 15) is 19.5 Å². The van der Waals surface area contributed by atoms with Crippen LogP contribution in [0.25, 0.3) is 0 Å². The Balaban J connectivity index is 2.36. The second-order valence-corrected chi connectivity index (χ2v) is 3.71. The summed E-state index contributed by atoms with van der Waals surface area (Å²) < 4.78 is 0. The fraction of sp³-hybridized carbons (Fsp3) is 0.667. The van der Waals surface area contributed by atoms with Gasteiger partial charge >= 0.3 is 5.97 Å². The molecule has 0 radical (unpaired) electrons. The van der Waals surface area contributed by atoms with E-state index in [0.717, 1.165) is 4.90 Å². The Morgan fingerprint density at radius 2 is 2.25 bits per heavy atom. The van der Waals surface area contributed by atoms with Crippen molar-refractivity contribution >= 4 is 17.8 Å². The van der Waals surface area contributed by atoms with E-state index in [2.05, 4.69) is 5.32 Å². The van der Waals surface area contributed by atoms with Crippen molar-refractivity contribution in [3.63, 3.8) is 0 Å². The Bertz CT molecular complexity index is 317. The molecule has 1 heterocycles. The molecule has 0 aromatic carbocycles. The molecule has 0 aliphatic carbocycles. The molecule has 0 spiro atoms. The number of hydrogen-bond donors (Lipinski definition) is 3. The minimum absolute atomic E-state index is 0.0240. The topological polar surface area (TPSA) is 107 Å². The summed E-state index contributed by atoms with van der Waals surface area (Å²) in [6, 6.07) is -0.652. The van der Waals surface area contributed by atoms with Gasteiger partial charge in [-0.15, -0.1) is 0 Å². The first-order valence-electron chi connectivity index (χ1n) is 4.85. The number of amides is 2. The van der Waals surface area contributed by atoms with Crippen LogP contribution in [0.1, 0.15) is 12.8 Å². The molecule has 0 bridgehead atoms. The van der Waals surface area contributed by atoms with Gasteiger partial charge in [0.1, 0.15) is 0 Å². The molecular weight excluding hydrogens is 216 g/mol. The van der Waals surface area contributed by atoms with Crippen LogP contribution in [-0.2, 0) is 14.4 Å². The molecule has 0 saturated carbocycles. The minimum atomic E-state index is -1.11. The van der Waals surface area contributed by atoms with Crippen molar-refractivity contribution in [3.05, 3.63) is 0 Å². The summed E-state index contributed by atoms with van der Waals surface area (Å²) in [5, 5.41) is 20.3. The first kappa shape index (κ1) is 12.6. The number of imide groups is 1. The predicted octanol–water partition coefficient (Wildman–Crippen LogP) is -1.83. The molecule has 2 amide bonds. The van der Waals surface area contributed by atoms with Crippen LogP contribution in [-0.4, -0.2) is 58.6 Å². The molecule has 2 atom stereocenters. The third-order valence-electron chi connectivity index (χ3n) is 2.39. The van der Waals surface area contributed by atoms with Gasteiger partial charge in [0.05, 0.1) is 25.0 Å². The maximum absolute atomic E-state index is 11.4. The lowest BCUT2D eigenvalue weighted by molar-refractivity contribution is -0.139. The van der Waals surface area contributed by atoms with E-state index in [1.54, 1.807) is 0 Å². The zero-order chi connectivity index (χ0) is 12.3. The van der Waals surface area contributed by atoms with Gasteiger partial charge in [-0.3, -0.25) is 19.3 Å². The Morgan fingerprint density at radius 3 is 2.69 bits per heavy atom. The van der Waals surface area contributed by atoms with Crippen LogP contribution in [0.4, 0.5) is 0 Å². The molecule has 1 fully saturated rings. The Hall–Kier alpha value is -1.47. The number of carboxylic acids is 1. The van der Waals surface area contributed by atoms with Crippen molar-refractivity contribution < 1.29 is 24.6 Å². The van der Waals surface area contributed by atoms with Crippen LogP contribution in [0.3, 0.4) is 0 Å². The standard InChI is InChI=1S/C9H14N2O5/c1-11-7(13)3-6(9(11)16)10-4-5(12)2-8(14)15/h5-6,10,12H,2-4H2,1H3,(H,14,15). The van der Waals surface area contributed by atoms with E-state index in [-0.39, 0.29) is 24.8 Å². The molecule has 1 rings (SSSR count). The molecule has 0 aromatic rings. The molecule has 7 heteroatoms. The Morgan fingerprint density at radius 1 is 1.62 bits per heavy atom. The van der Waals surface area contributed by atoms with Crippen LogP contribution >= 0.6 is 0 Å². The van der Waals surface area contributed by atoms with Crippen LogP contribution in [0.15, 0.2) is 0 Å². The highest BCUT2D eigenvalue weighted by Gasteiger charge is 2.35. The van der Waals surface area contributed by atoms with Gasteiger partial charge in [-0.1, -0.05) is 0 Å². The molecule has 1 saturated heterocycles. The summed E-state index contributed by atoms with van der Waals surface area (Å²) in [5.74, 6) is -1.75. The molecule has 16 heavy (non-hydrogen) atoms. The highest BCUT2D eigenvalue weighted by atomic mass is 16.4. The van der Waals surface area contributed by atoms with Gasteiger partial charge in [0.2, 0.25) is 11.8 Å². The number of nitrogens with one attached hydrogen (secondary N) is 1. The van der Waals surface area contributed by atoms with E-state index in [0.29, 0.717) is 0 Å². The molecular formula is C9H14N2O5. The average Bonchev–Trinajstić information content (AvgIpc) is 2.42. The van der Waals surface area contributed by atoms with Gasteiger partial charge in [0, 0.05) is 13.6 Å². The third-order valence-corrected chi connectivity index (χ3v) is 2.39. The zero-order valence-electron chi connectivity index (χ0n) is 8.84. The quantitative estimate of drug-likeness (QED) is 0.479. The Kier molecular flexibility index (Phi) is 3.97. The molecule has 1 aliphatic heterocycles. The number of likely N-dealkylation sites (N-methyl/N-ethyl adjacent to an activating group) is 1. The van der Waals surface area contributed by atoms with Crippen LogP contribution in [0.5, 0.6) is 0 Å². The van der Waals surface area contributed by atoms with E-state index < -0.39 is 24.5 Å². The molecule has 90 valence electrons. The second-order valence-electron chi connectivity index (χ2n) is 3.71. The predicted molar refractivity (Wildman–Crippen MR) is 52.4 cm³/mol.